The molecule has 1 aromatic rings. The fraction of sp³-hybridized carbons (Fsp3) is 0.357. The topological polar surface area (TPSA) is 66.5 Å². The van der Waals surface area contributed by atoms with Crippen LogP contribution in [0.5, 0.6) is 0 Å². The number of fused-ring (bicyclic) bond motifs is 1. The summed E-state index contributed by atoms with van der Waals surface area (Å²) in [6, 6.07) is 4.65. The zero-order chi connectivity index (χ0) is 14.9. The van der Waals surface area contributed by atoms with Gasteiger partial charge in [0.15, 0.2) is 0 Å². The number of Topliss-reactive ketones (excluding diaryl/α,β-unsaturated/α-hetero) is 1. The Balaban J connectivity index is 2.20. The minimum atomic E-state index is -0.693. The van der Waals surface area contributed by atoms with E-state index in [0.29, 0.717) is 10.7 Å². The summed E-state index contributed by atoms with van der Waals surface area (Å²) in [6.45, 7) is 3.67. The van der Waals surface area contributed by atoms with Gasteiger partial charge < -0.3 is 5.32 Å². The highest BCUT2D eigenvalue weighted by Crippen LogP contribution is 2.30. The van der Waals surface area contributed by atoms with Crippen molar-refractivity contribution < 1.29 is 14.4 Å². The van der Waals surface area contributed by atoms with Crippen LogP contribution in [0.25, 0.3) is 0 Å². The van der Waals surface area contributed by atoms with E-state index >= 15 is 0 Å². The predicted octanol–water partition coefficient (Wildman–Crippen LogP) is 1.78. The molecular weight excluding hydrogens is 280 g/mol. The summed E-state index contributed by atoms with van der Waals surface area (Å²) >= 11 is 5.82. The minimum absolute atomic E-state index is 0.0283. The van der Waals surface area contributed by atoms with E-state index in [1.54, 1.807) is 12.1 Å². The van der Waals surface area contributed by atoms with Crippen molar-refractivity contribution in [3.8, 4) is 0 Å². The van der Waals surface area contributed by atoms with Gasteiger partial charge in [0.05, 0.1) is 11.3 Å². The second-order valence-electron chi connectivity index (χ2n) is 4.76. The number of halogens is 1. The van der Waals surface area contributed by atoms with Gasteiger partial charge in [0.25, 0.3) is 11.7 Å². The molecule has 20 heavy (non-hydrogen) atoms. The molecule has 1 atom stereocenters. The number of hydrogen-bond acceptors (Lipinski definition) is 3. The number of ketones is 1. The molecule has 0 bridgehead atoms. The van der Waals surface area contributed by atoms with Gasteiger partial charge in [-0.05, 0) is 31.5 Å². The normalized spacial score (nSPS) is 15.2. The molecule has 2 amide bonds. The van der Waals surface area contributed by atoms with Crippen LogP contribution in [-0.4, -0.2) is 30.2 Å². The number of amides is 2. The molecule has 0 radical (unpaired) electrons. The van der Waals surface area contributed by atoms with Gasteiger partial charge in [0.2, 0.25) is 5.91 Å². The second-order valence-corrected chi connectivity index (χ2v) is 5.20. The van der Waals surface area contributed by atoms with Gasteiger partial charge in [0, 0.05) is 11.1 Å². The third-order valence-electron chi connectivity index (χ3n) is 3.25. The Bertz CT molecular complexity index is 586. The number of rotatable bonds is 4. The van der Waals surface area contributed by atoms with Gasteiger partial charge >= 0.3 is 0 Å². The molecule has 1 aliphatic heterocycles. The Kier molecular flexibility index (Phi) is 4.09. The lowest BCUT2D eigenvalue weighted by Gasteiger charge is -2.18. The smallest absolute Gasteiger partial charge is 0.299 e. The average molecular weight is 295 g/mol. The summed E-state index contributed by atoms with van der Waals surface area (Å²) in [7, 11) is 0. The number of benzene rings is 1. The van der Waals surface area contributed by atoms with E-state index in [1.807, 2.05) is 13.8 Å². The number of hydrogen-bond donors (Lipinski definition) is 1. The quantitative estimate of drug-likeness (QED) is 0.861. The SMILES string of the molecule is CCC(C)NC(=O)CN1C(=O)C(=O)c2cc(Cl)ccc21. The molecule has 0 saturated carbocycles. The van der Waals surface area contributed by atoms with Crippen LogP contribution in [-0.2, 0) is 9.59 Å². The molecule has 1 N–H and O–H groups in total. The Labute approximate surface area is 121 Å². The van der Waals surface area contributed by atoms with Crippen LogP contribution < -0.4 is 10.2 Å². The highest BCUT2D eigenvalue weighted by molar-refractivity contribution is 6.53. The van der Waals surface area contributed by atoms with E-state index in [9.17, 15) is 14.4 Å². The first kappa shape index (κ1) is 14.5. The van der Waals surface area contributed by atoms with Crippen molar-refractivity contribution in [3.63, 3.8) is 0 Å². The van der Waals surface area contributed by atoms with Crippen LogP contribution in [0.4, 0.5) is 5.69 Å². The Morgan fingerprint density at radius 1 is 1.40 bits per heavy atom. The molecule has 0 aromatic heterocycles. The van der Waals surface area contributed by atoms with E-state index < -0.39 is 11.7 Å². The first-order valence-corrected chi connectivity index (χ1v) is 6.77. The van der Waals surface area contributed by atoms with Gasteiger partial charge in [0.1, 0.15) is 6.54 Å². The van der Waals surface area contributed by atoms with Crippen molar-refractivity contribution >= 4 is 34.9 Å². The van der Waals surface area contributed by atoms with Gasteiger partial charge in [-0.3, -0.25) is 19.3 Å². The van der Waals surface area contributed by atoms with E-state index in [-0.39, 0.29) is 24.1 Å². The maximum Gasteiger partial charge on any atom is 0.299 e. The summed E-state index contributed by atoms with van der Waals surface area (Å²) < 4.78 is 0. The summed E-state index contributed by atoms with van der Waals surface area (Å²) in [6.07, 6.45) is 0.796. The lowest BCUT2D eigenvalue weighted by molar-refractivity contribution is -0.122. The van der Waals surface area contributed by atoms with Crippen molar-refractivity contribution in [2.24, 2.45) is 0 Å². The summed E-state index contributed by atoms with van der Waals surface area (Å²) in [4.78, 5) is 36.8. The summed E-state index contributed by atoms with van der Waals surface area (Å²) in [5, 5.41) is 3.15. The van der Waals surface area contributed by atoms with Crippen LogP contribution in [0.2, 0.25) is 5.02 Å². The maximum absolute atomic E-state index is 11.9. The summed E-state index contributed by atoms with van der Waals surface area (Å²) in [5.41, 5.74) is 0.683. The van der Waals surface area contributed by atoms with E-state index in [1.165, 1.54) is 11.0 Å². The highest BCUT2D eigenvalue weighted by Gasteiger charge is 2.36. The second kappa shape index (κ2) is 5.63. The third kappa shape index (κ3) is 2.67. The van der Waals surface area contributed by atoms with Crippen LogP contribution in [0, 0.1) is 0 Å². The van der Waals surface area contributed by atoms with Gasteiger partial charge in [-0.15, -0.1) is 0 Å². The first-order chi connectivity index (χ1) is 9.43. The number of carbonyl (C=O) groups excluding carboxylic acids is 3. The van der Waals surface area contributed by atoms with Crippen LogP contribution >= 0.6 is 11.6 Å². The van der Waals surface area contributed by atoms with Gasteiger partial charge in [-0.25, -0.2) is 0 Å². The van der Waals surface area contributed by atoms with Crippen molar-refractivity contribution in [1.82, 2.24) is 5.32 Å². The molecule has 5 nitrogen and oxygen atoms in total. The number of carbonyl (C=O) groups is 3. The van der Waals surface area contributed by atoms with E-state index in [4.69, 9.17) is 11.6 Å². The molecule has 0 aliphatic carbocycles. The van der Waals surface area contributed by atoms with Crippen molar-refractivity contribution in [2.45, 2.75) is 26.3 Å². The Morgan fingerprint density at radius 2 is 2.10 bits per heavy atom. The fourth-order valence-electron chi connectivity index (χ4n) is 2.00. The average Bonchev–Trinajstić information content (AvgIpc) is 2.63. The molecule has 0 fully saturated rings. The third-order valence-corrected chi connectivity index (χ3v) is 3.49. The molecule has 1 unspecified atom stereocenters. The molecule has 1 heterocycles. The standard InChI is InChI=1S/C14H15ClN2O3/c1-3-8(2)16-12(18)7-17-11-5-4-9(15)6-10(11)13(19)14(17)20/h4-6,8H,3,7H2,1-2H3,(H,16,18). The van der Waals surface area contributed by atoms with Gasteiger partial charge in [-0.2, -0.15) is 0 Å². The molecule has 106 valence electrons. The molecule has 2 rings (SSSR count). The fourth-order valence-corrected chi connectivity index (χ4v) is 2.17. The predicted molar refractivity (Wildman–Crippen MR) is 76.0 cm³/mol. The molecule has 6 heteroatoms. The molecule has 1 aromatic carbocycles. The lowest BCUT2D eigenvalue weighted by Crippen LogP contribution is -2.42. The molecular formula is C14H15ClN2O3. The number of nitrogens with zero attached hydrogens (tertiary/aromatic N) is 1. The van der Waals surface area contributed by atoms with Crippen molar-refractivity contribution in [3.05, 3.63) is 28.8 Å². The Morgan fingerprint density at radius 3 is 2.75 bits per heavy atom. The summed E-state index contributed by atoms with van der Waals surface area (Å²) in [5.74, 6) is -1.61. The van der Waals surface area contributed by atoms with Gasteiger partial charge in [-0.1, -0.05) is 18.5 Å². The zero-order valence-corrected chi connectivity index (χ0v) is 12.0. The van der Waals surface area contributed by atoms with Crippen LogP contribution in [0.3, 0.4) is 0 Å². The zero-order valence-electron chi connectivity index (χ0n) is 11.3. The number of anilines is 1. The van der Waals surface area contributed by atoms with Crippen LogP contribution in [0.15, 0.2) is 18.2 Å². The van der Waals surface area contributed by atoms with Crippen molar-refractivity contribution in [1.29, 1.82) is 0 Å². The molecule has 1 aliphatic rings. The minimum Gasteiger partial charge on any atom is -0.352 e. The van der Waals surface area contributed by atoms with E-state index in [0.717, 1.165) is 6.42 Å². The first-order valence-electron chi connectivity index (χ1n) is 6.39. The maximum atomic E-state index is 11.9. The number of nitrogens with one attached hydrogen (secondary N) is 1. The molecule has 0 spiro atoms. The van der Waals surface area contributed by atoms with Crippen molar-refractivity contribution in [2.75, 3.05) is 11.4 Å². The Hall–Kier alpha value is -1.88. The highest BCUT2D eigenvalue weighted by atomic mass is 35.5. The van der Waals surface area contributed by atoms with Crippen LogP contribution in [0.1, 0.15) is 30.6 Å². The largest absolute Gasteiger partial charge is 0.352 e. The molecule has 0 saturated heterocycles. The van der Waals surface area contributed by atoms with E-state index in [2.05, 4.69) is 5.32 Å². The lowest BCUT2D eigenvalue weighted by atomic mass is 10.1. The monoisotopic (exact) mass is 294 g/mol.